The van der Waals surface area contributed by atoms with Crippen molar-refractivity contribution in [3.63, 3.8) is 0 Å². The van der Waals surface area contributed by atoms with Gasteiger partial charge in [-0.15, -0.1) is 0 Å². The molecule has 1 heterocycles. The predicted octanol–water partition coefficient (Wildman–Crippen LogP) is 1.93. The summed E-state index contributed by atoms with van der Waals surface area (Å²) >= 11 is 0. The molecule has 0 bridgehead atoms. The molecule has 1 aliphatic rings. The Morgan fingerprint density at radius 1 is 1.59 bits per heavy atom. The molecule has 17 heavy (non-hydrogen) atoms. The first-order valence-corrected chi connectivity index (χ1v) is 6.21. The minimum Gasteiger partial charge on any atom is -0.397 e. The number of rotatable bonds is 5. The summed E-state index contributed by atoms with van der Waals surface area (Å²) in [7, 11) is 0. The van der Waals surface area contributed by atoms with E-state index in [1.54, 1.807) is 12.3 Å². The summed E-state index contributed by atoms with van der Waals surface area (Å²) in [6, 6.07) is 1.70. The van der Waals surface area contributed by atoms with Crippen molar-refractivity contribution in [2.75, 3.05) is 18.8 Å². The number of aromatic nitrogens is 1. The van der Waals surface area contributed by atoms with E-state index in [1.807, 2.05) is 4.90 Å². The maximum Gasteiger partial charge on any atom is 0.256 e. The molecule has 1 saturated carbocycles. The first-order valence-electron chi connectivity index (χ1n) is 6.21. The first-order chi connectivity index (χ1) is 8.22. The van der Waals surface area contributed by atoms with Gasteiger partial charge in [-0.05, 0) is 31.2 Å². The van der Waals surface area contributed by atoms with E-state index in [1.165, 1.54) is 19.0 Å². The maximum absolute atomic E-state index is 12.3. The Bertz CT molecular complexity index is 401. The van der Waals surface area contributed by atoms with Crippen LogP contribution in [0.25, 0.3) is 0 Å². The molecule has 0 aliphatic heterocycles. The number of pyridine rings is 1. The van der Waals surface area contributed by atoms with Crippen LogP contribution in [-0.2, 0) is 0 Å². The largest absolute Gasteiger partial charge is 0.397 e. The second-order valence-electron chi connectivity index (χ2n) is 4.66. The van der Waals surface area contributed by atoms with Gasteiger partial charge in [-0.1, -0.05) is 6.92 Å². The van der Waals surface area contributed by atoms with Crippen molar-refractivity contribution in [1.29, 1.82) is 0 Å². The Labute approximate surface area is 102 Å². The standard InChI is InChI=1S/C13H19N3O/c1-2-7-16(9-10-3-4-10)13(17)11-5-6-15-8-12(11)14/h5-6,8,10H,2-4,7,9,14H2,1H3. The lowest BCUT2D eigenvalue weighted by atomic mass is 10.2. The van der Waals surface area contributed by atoms with Gasteiger partial charge in [0.15, 0.2) is 0 Å². The molecule has 0 unspecified atom stereocenters. The van der Waals surface area contributed by atoms with Crippen LogP contribution in [0.15, 0.2) is 18.5 Å². The number of nitrogen functional groups attached to an aromatic ring is 1. The van der Waals surface area contributed by atoms with Gasteiger partial charge in [0, 0.05) is 19.3 Å². The molecular formula is C13H19N3O. The number of nitrogens with two attached hydrogens (primary N) is 1. The van der Waals surface area contributed by atoms with Gasteiger partial charge >= 0.3 is 0 Å². The fraction of sp³-hybridized carbons (Fsp3) is 0.538. The Kier molecular flexibility index (Phi) is 3.61. The van der Waals surface area contributed by atoms with Gasteiger partial charge in [0.2, 0.25) is 0 Å². The van der Waals surface area contributed by atoms with Crippen molar-refractivity contribution >= 4 is 11.6 Å². The van der Waals surface area contributed by atoms with E-state index in [0.29, 0.717) is 17.2 Å². The summed E-state index contributed by atoms with van der Waals surface area (Å²) in [4.78, 5) is 18.2. The number of hydrogen-bond donors (Lipinski definition) is 1. The van der Waals surface area contributed by atoms with E-state index in [0.717, 1.165) is 19.5 Å². The Morgan fingerprint density at radius 3 is 2.94 bits per heavy atom. The lowest BCUT2D eigenvalue weighted by Gasteiger charge is -2.22. The van der Waals surface area contributed by atoms with E-state index in [-0.39, 0.29) is 5.91 Å². The zero-order chi connectivity index (χ0) is 12.3. The third-order valence-electron chi connectivity index (χ3n) is 3.04. The molecule has 1 amide bonds. The number of carbonyl (C=O) groups is 1. The van der Waals surface area contributed by atoms with Crippen LogP contribution >= 0.6 is 0 Å². The minimum absolute atomic E-state index is 0.0404. The van der Waals surface area contributed by atoms with Crippen LogP contribution in [-0.4, -0.2) is 28.9 Å². The summed E-state index contributed by atoms with van der Waals surface area (Å²) in [5.74, 6) is 0.743. The van der Waals surface area contributed by atoms with Crippen molar-refractivity contribution < 1.29 is 4.79 Å². The zero-order valence-electron chi connectivity index (χ0n) is 10.2. The van der Waals surface area contributed by atoms with Gasteiger partial charge in [0.05, 0.1) is 17.4 Å². The summed E-state index contributed by atoms with van der Waals surface area (Å²) in [6.07, 6.45) is 6.63. The van der Waals surface area contributed by atoms with Crippen molar-refractivity contribution in [2.24, 2.45) is 5.92 Å². The summed E-state index contributed by atoms with van der Waals surface area (Å²) in [5, 5.41) is 0. The molecule has 92 valence electrons. The van der Waals surface area contributed by atoms with E-state index in [4.69, 9.17) is 5.73 Å². The summed E-state index contributed by atoms with van der Waals surface area (Å²) in [5.41, 5.74) is 6.84. The van der Waals surface area contributed by atoms with Gasteiger partial charge < -0.3 is 10.6 Å². The van der Waals surface area contributed by atoms with Gasteiger partial charge in [0.1, 0.15) is 0 Å². The Morgan fingerprint density at radius 2 is 2.35 bits per heavy atom. The molecule has 0 radical (unpaired) electrons. The maximum atomic E-state index is 12.3. The fourth-order valence-corrected chi connectivity index (χ4v) is 1.93. The average molecular weight is 233 g/mol. The molecule has 1 aromatic heterocycles. The van der Waals surface area contributed by atoms with Gasteiger partial charge in [-0.3, -0.25) is 9.78 Å². The van der Waals surface area contributed by atoms with Crippen LogP contribution in [0.1, 0.15) is 36.5 Å². The number of carbonyl (C=O) groups excluding carboxylic acids is 1. The normalized spacial score (nSPS) is 14.6. The highest BCUT2D eigenvalue weighted by Gasteiger charge is 2.27. The fourth-order valence-electron chi connectivity index (χ4n) is 1.93. The number of amides is 1. The molecule has 0 saturated heterocycles. The molecule has 4 nitrogen and oxygen atoms in total. The molecule has 0 atom stereocenters. The van der Waals surface area contributed by atoms with Crippen LogP contribution in [0.4, 0.5) is 5.69 Å². The summed E-state index contributed by atoms with van der Waals surface area (Å²) < 4.78 is 0. The third kappa shape index (κ3) is 2.96. The van der Waals surface area contributed by atoms with E-state index >= 15 is 0 Å². The molecule has 0 spiro atoms. The molecule has 2 N–H and O–H groups in total. The van der Waals surface area contributed by atoms with Crippen molar-refractivity contribution in [3.8, 4) is 0 Å². The second kappa shape index (κ2) is 5.17. The number of hydrogen-bond acceptors (Lipinski definition) is 3. The molecule has 2 rings (SSSR count). The minimum atomic E-state index is 0.0404. The quantitative estimate of drug-likeness (QED) is 0.845. The molecular weight excluding hydrogens is 214 g/mol. The summed E-state index contributed by atoms with van der Waals surface area (Å²) in [6.45, 7) is 3.76. The Hall–Kier alpha value is -1.58. The number of nitrogens with zero attached hydrogens (tertiary/aromatic N) is 2. The highest BCUT2D eigenvalue weighted by Crippen LogP contribution is 2.30. The SMILES string of the molecule is CCCN(CC1CC1)C(=O)c1ccncc1N. The second-order valence-corrected chi connectivity index (χ2v) is 4.66. The van der Waals surface area contributed by atoms with Crippen LogP contribution in [0.2, 0.25) is 0 Å². The Balaban J connectivity index is 2.11. The van der Waals surface area contributed by atoms with E-state index < -0.39 is 0 Å². The molecule has 1 fully saturated rings. The van der Waals surface area contributed by atoms with Crippen LogP contribution in [0, 0.1) is 5.92 Å². The molecule has 0 aromatic carbocycles. The number of anilines is 1. The van der Waals surface area contributed by atoms with Crippen molar-refractivity contribution in [3.05, 3.63) is 24.0 Å². The predicted molar refractivity (Wildman–Crippen MR) is 67.6 cm³/mol. The molecule has 1 aliphatic carbocycles. The van der Waals surface area contributed by atoms with Crippen molar-refractivity contribution in [2.45, 2.75) is 26.2 Å². The molecule has 1 aromatic rings. The lowest BCUT2D eigenvalue weighted by molar-refractivity contribution is 0.0748. The van der Waals surface area contributed by atoms with Crippen LogP contribution in [0.3, 0.4) is 0 Å². The first kappa shape index (κ1) is 11.9. The van der Waals surface area contributed by atoms with Gasteiger partial charge in [-0.2, -0.15) is 0 Å². The van der Waals surface area contributed by atoms with Crippen molar-refractivity contribution in [1.82, 2.24) is 9.88 Å². The smallest absolute Gasteiger partial charge is 0.256 e. The zero-order valence-corrected chi connectivity index (χ0v) is 10.2. The van der Waals surface area contributed by atoms with Gasteiger partial charge in [-0.25, -0.2) is 0 Å². The monoisotopic (exact) mass is 233 g/mol. The molecule has 4 heteroatoms. The topological polar surface area (TPSA) is 59.2 Å². The van der Waals surface area contributed by atoms with Gasteiger partial charge in [0.25, 0.3) is 5.91 Å². The van der Waals surface area contributed by atoms with Crippen LogP contribution in [0.5, 0.6) is 0 Å². The average Bonchev–Trinajstić information content (AvgIpc) is 3.12. The third-order valence-corrected chi connectivity index (χ3v) is 3.04. The van der Waals surface area contributed by atoms with Crippen LogP contribution < -0.4 is 5.73 Å². The highest BCUT2D eigenvalue weighted by molar-refractivity contribution is 5.98. The highest BCUT2D eigenvalue weighted by atomic mass is 16.2. The van der Waals surface area contributed by atoms with E-state index in [9.17, 15) is 4.79 Å². The van der Waals surface area contributed by atoms with E-state index in [2.05, 4.69) is 11.9 Å². The lowest BCUT2D eigenvalue weighted by Crippen LogP contribution is -2.34.